The third kappa shape index (κ3) is 4.55. The van der Waals surface area contributed by atoms with E-state index in [9.17, 15) is 19.2 Å². The maximum atomic E-state index is 13.0. The maximum absolute atomic E-state index is 13.0. The van der Waals surface area contributed by atoms with Crippen molar-refractivity contribution in [2.24, 2.45) is 0 Å². The van der Waals surface area contributed by atoms with Gasteiger partial charge in [0, 0.05) is 37.8 Å². The Balaban J connectivity index is 1.36. The van der Waals surface area contributed by atoms with Gasteiger partial charge in [-0.3, -0.25) is 24.1 Å². The molecule has 2 heterocycles. The number of benzene rings is 1. The number of hydrogen-bond acceptors (Lipinski definition) is 5. The average molecular weight is 442 g/mol. The van der Waals surface area contributed by atoms with Gasteiger partial charge < -0.3 is 15.0 Å². The summed E-state index contributed by atoms with van der Waals surface area (Å²) in [5.41, 5.74) is 1.10. The smallest absolute Gasteiger partial charge is 0.261 e. The summed E-state index contributed by atoms with van der Waals surface area (Å²) in [5.74, 6) is -0.710. The van der Waals surface area contributed by atoms with Crippen molar-refractivity contribution in [2.45, 2.75) is 63.5 Å². The van der Waals surface area contributed by atoms with Gasteiger partial charge in [-0.15, -0.1) is 0 Å². The first kappa shape index (κ1) is 22.5. The summed E-state index contributed by atoms with van der Waals surface area (Å²) in [4.78, 5) is 53.9. The van der Waals surface area contributed by atoms with E-state index >= 15 is 0 Å². The Bertz CT molecular complexity index is 901. The third-order valence-corrected chi connectivity index (χ3v) is 6.82. The van der Waals surface area contributed by atoms with Gasteiger partial charge in [0.25, 0.3) is 17.7 Å². The Morgan fingerprint density at radius 3 is 2.38 bits per heavy atom. The molecule has 8 nitrogen and oxygen atoms in total. The van der Waals surface area contributed by atoms with Crippen molar-refractivity contribution in [3.8, 4) is 0 Å². The number of imide groups is 1. The molecular formula is C24H31N3O5. The van der Waals surface area contributed by atoms with Crippen molar-refractivity contribution in [1.29, 1.82) is 0 Å². The number of amides is 4. The minimum Gasteiger partial charge on any atom is -0.384 e. The first-order chi connectivity index (χ1) is 15.5. The zero-order valence-electron chi connectivity index (χ0n) is 18.6. The molecule has 2 aliphatic heterocycles. The Morgan fingerprint density at radius 1 is 1.00 bits per heavy atom. The molecule has 0 unspecified atom stereocenters. The molecule has 1 aromatic rings. The topological polar surface area (TPSA) is 96.0 Å². The second kappa shape index (κ2) is 9.81. The SMILES string of the molecule is COCCC(=O)N1CCC(NC(=O)c2ccc3c(c2)C(=O)N(C2CCCCC2)C3=O)CC1. The molecule has 1 aliphatic carbocycles. The maximum Gasteiger partial charge on any atom is 0.261 e. The number of nitrogens with zero attached hydrogens (tertiary/aromatic N) is 2. The summed E-state index contributed by atoms with van der Waals surface area (Å²) >= 11 is 0. The van der Waals surface area contributed by atoms with Crippen molar-refractivity contribution < 1.29 is 23.9 Å². The van der Waals surface area contributed by atoms with Crippen molar-refractivity contribution in [3.05, 3.63) is 34.9 Å². The molecule has 4 rings (SSSR count). The minimum atomic E-state index is -0.283. The fraction of sp³-hybridized carbons (Fsp3) is 0.583. The van der Waals surface area contributed by atoms with E-state index in [-0.39, 0.29) is 35.7 Å². The molecule has 0 atom stereocenters. The van der Waals surface area contributed by atoms with E-state index < -0.39 is 0 Å². The van der Waals surface area contributed by atoms with Gasteiger partial charge in [-0.25, -0.2) is 0 Å². The number of ether oxygens (including phenoxy) is 1. The summed E-state index contributed by atoms with van der Waals surface area (Å²) in [7, 11) is 1.57. The molecule has 0 aromatic heterocycles. The van der Waals surface area contributed by atoms with E-state index in [1.165, 1.54) is 4.90 Å². The fourth-order valence-electron chi connectivity index (χ4n) is 4.96. The number of hydrogen-bond donors (Lipinski definition) is 1. The minimum absolute atomic E-state index is 0.0294. The van der Waals surface area contributed by atoms with Crippen LogP contribution < -0.4 is 5.32 Å². The van der Waals surface area contributed by atoms with Gasteiger partial charge in [0.2, 0.25) is 5.91 Å². The van der Waals surface area contributed by atoms with E-state index in [4.69, 9.17) is 4.74 Å². The number of methoxy groups -OCH3 is 1. The first-order valence-electron chi connectivity index (χ1n) is 11.6. The van der Waals surface area contributed by atoms with Gasteiger partial charge in [0.15, 0.2) is 0 Å². The predicted octanol–water partition coefficient (Wildman–Crippen LogP) is 2.37. The van der Waals surface area contributed by atoms with Crippen molar-refractivity contribution in [2.75, 3.05) is 26.8 Å². The van der Waals surface area contributed by atoms with Crippen LogP contribution in [0.25, 0.3) is 0 Å². The van der Waals surface area contributed by atoms with Crippen LogP contribution >= 0.6 is 0 Å². The molecule has 0 bridgehead atoms. The zero-order valence-corrected chi connectivity index (χ0v) is 18.6. The molecule has 1 saturated carbocycles. The zero-order chi connectivity index (χ0) is 22.7. The largest absolute Gasteiger partial charge is 0.384 e. The summed E-state index contributed by atoms with van der Waals surface area (Å²) in [6.45, 7) is 1.61. The summed E-state index contributed by atoms with van der Waals surface area (Å²) in [6.07, 6.45) is 6.64. The molecule has 1 aromatic carbocycles. The van der Waals surface area contributed by atoms with Crippen LogP contribution in [0.4, 0.5) is 0 Å². The van der Waals surface area contributed by atoms with Crippen molar-refractivity contribution >= 4 is 23.6 Å². The van der Waals surface area contributed by atoms with Gasteiger partial charge in [-0.2, -0.15) is 0 Å². The first-order valence-corrected chi connectivity index (χ1v) is 11.6. The van der Waals surface area contributed by atoms with Crippen molar-refractivity contribution in [1.82, 2.24) is 15.1 Å². The number of carbonyl (C=O) groups excluding carboxylic acids is 4. The lowest BCUT2D eigenvalue weighted by atomic mass is 9.94. The van der Waals surface area contributed by atoms with Crippen LogP contribution in [0.1, 0.15) is 82.4 Å². The number of carbonyl (C=O) groups is 4. The monoisotopic (exact) mass is 441 g/mol. The number of rotatable bonds is 6. The van der Waals surface area contributed by atoms with Gasteiger partial charge in [0.1, 0.15) is 0 Å². The molecule has 172 valence electrons. The molecule has 4 amide bonds. The van der Waals surface area contributed by atoms with Crippen LogP contribution in [0, 0.1) is 0 Å². The molecule has 3 aliphatic rings. The average Bonchev–Trinajstić information content (AvgIpc) is 3.07. The molecule has 2 fully saturated rings. The highest BCUT2D eigenvalue weighted by molar-refractivity contribution is 6.22. The third-order valence-electron chi connectivity index (χ3n) is 6.82. The van der Waals surface area contributed by atoms with Crippen LogP contribution in [0.2, 0.25) is 0 Å². The number of piperidine rings is 1. The molecule has 0 spiro atoms. The summed E-state index contributed by atoms with van der Waals surface area (Å²) in [6, 6.07) is 4.71. The van der Waals surface area contributed by atoms with Crippen LogP contribution in [-0.2, 0) is 9.53 Å². The Kier molecular flexibility index (Phi) is 6.89. The number of fused-ring (bicyclic) bond motifs is 1. The summed E-state index contributed by atoms with van der Waals surface area (Å²) in [5, 5.41) is 3.02. The molecular weight excluding hydrogens is 410 g/mol. The lowest BCUT2D eigenvalue weighted by Gasteiger charge is -2.32. The van der Waals surface area contributed by atoms with Crippen LogP contribution in [-0.4, -0.2) is 72.3 Å². The Labute approximate surface area is 188 Å². The molecule has 32 heavy (non-hydrogen) atoms. The number of likely N-dealkylation sites (tertiary alicyclic amines) is 1. The predicted molar refractivity (Wildman–Crippen MR) is 117 cm³/mol. The summed E-state index contributed by atoms with van der Waals surface area (Å²) < 4.78 is 4.96. The van der Waals surface area contributed by atoms with E-state index in [1.54, 1.807) is 30.2 Å². The van der Waals surface area contributed by atoms with Crippen LogP contribution in [0.15, 0.2) is 18.2 Å². The van der Waals surface area contributed by atoms with E-state index in [0.29, 0.717) is 55.6 Å². The second-order valence-electron chi connectivity index (χ2n) is 8.90. The van der Waals surface area contributed by atoms with E-state index in [2.05, 4.69) is 5.32 Å². The molecule has 8 heteroatoms. The van der Waals surface area contributed by atoms with Gasteiger partial charge in [0.05, 0.1) is 24.2 Å². The highest BCUT2D eigenvalue weighted by Crippen LogP contribution is 2.31. The number of nitrogens with one attached hydrogen (secondary N) is 1. The van der Waals surface area contributed by atoms with E-state index in [1.807, 2.05) is 0 Å². The molecule has 0 radical (unpaired) electrons. The highest BCUT2D eigenvalue weighted by Gasteiger charge is 2.40. The lowest BCUT2D eigenvalue weighted by Crippen LogP contribution is -2.46. The molecule has 1 saturated heterocycles. The molecule has 1 N–H and O–H groups in total. The van der Waals surface area contributed by atoms with E-state index in [0.717, 1.165) is 32.1 Å². The quantitative estimate of drug-likeness (QED) is 0.684. The second-order valence-corrected chi connectivity index (χ2v) is 8.90. The van der Waals surface area contributed by atoms with Crippen LogP contribution in [0.3, 0.4) is 0 Å². The van der Waals surface area contributed by atoms with Crippen molar-refractivity contribution in [3.63, 3.8) is 0 Å². The fourth-order valence-corrected chi connectivity index (χ4v) is 4.96. The van der Waals surface area contributed by atoms with Gasteiger partial charge >= 0.3 is 0 Å². The highest BCUT2D eigenvalue weighted by atomic mass is 16.5. The van der Waals surface area contributed by atoms with Gasteiger partial charge in [-0.1, -0.05) is 19.3 Å². The Morgan fingerprint density at radius 2 is 1.69 bits per heavy atom. The standard InChI is InChI=1S/C24H31N3O5/c1-32-14-11-21(28)26-12-9-17(10-13-26)25-22(29)16-7-8-19-20(15-16)24(31)27(23(19)30)18-5-3-2-4-6-18/h7-8,15,17-18H,2-6,9-14H2,1H3,(H,25,29). The normalized spacial score (nSPS) is 19.9. The Hall–Kier alpha value is -2.74. The van der Waals surface area contributed by atoms with Crippen LogP contribution in [0.5, 0.6) is 0 Å². The van der Waals surface area contributed by atoms with Gasteiger partial charge in [-0.05, 0) is 43.9 Å². The lowest BCUT2D eigenvalue weighted by molar-refractivity contribution is -0.133.